The number of nitrogens with one attached hydrogen (secondary N) is 1. The first-order chi connectivity index (χ1) is 10.8. The molecule has 0 aliphatic rings. The lowest BCUT2D eigenvalue weighted by molar-refractivity contribution is -0.115. The van der Waals surface area contributed by atoms with Crippen LogP contribution >= 0.6 is 0 Å². The molecule has 0 radical (unpaired) electrons. The average Bonchev–Trinajstić information content (AvgIpc) is 2.57. The Morgan fingerprint density at radius 3 is 2.36 bits per heavy atom. The Labute approximate surface area is 128 Å². The molecule has 0 spiro atoms. The summed E-state index contributed by atoms with van der Waals surface area (Å²) in [7, 11) is 0. The first kappa shape index (κ1) is 13.9. The zero-order valence-corrected chi connectivity index (χ0v) is 11.9. The number of carbonyl (C=O) groups is 1. The molecule has 4 heteroatoms. The van der Waals surface area contributed by atoms with Crippen LogP contribution in [0.5, 0.6) is 0 Å². The van der Waals surface area contributed by atoms with Crippen LogP contribution in [0.3, 0.4) is 0 Å². The number of hydrogen-bond donors (Lipinski definition) is 1. The van der Waals surface area contributed by atoms with Crippen molar-refractivity contribution < 1.29 is 4.79 Å². The van der Waals surface area contributed by atoms with Crippen molar-refractivity contribution in [1.29, 1.82) is 0 Å². The zero-order chi connectivity index (χ0) is 15.2. The molecule has 3 rings (SSSR count). The lowest BCUT2D eigenvalue weighted by Gasteiger charge is -2.06. The van der Waals surface area contributed by atoms with Crippen LogP contribution in [-0.4, -0.2) is 15.9 Å². The first-order valence-electron chi connectivity index (χ1n) is 7.01. The van der Waals surface area contributed by atoms with Crippen molar-refractivity contribution in [2.75, 3.05) is 5.32 Å². The predicted octanol–water partition coefficient (Wildman–Crippen LogP) is 3.32. The summed E-state index contributed by atoms with van der Waals surface area (Å²) in [5, 5.41) is 2.80. The molecule has 1 aromatic carbocycles. The summed E-state index contributed by atoms with van der Waals surface area (Å²) in [6.07, 6.45) is 5.42. The topological polar surface area (TPSA) is 54.9 Å². The maximum Gasteiger partial charge on any atom is 0.229 e. The summed E-state index contributed by atoms with van der Waals surface area (Å²) in [6.45, 7) is 0. The van der Waals surface area contributed by atoms with Crippen molar-refractivity contribution in [3.63, 3.8) is 0 Å². The van der Waals surface area contributed by atoms with Crippen LogP contribution in [0.4, 0.5) is 5.82 Å². The molecule has 3 aromatic rings. The number of anilines is 1. The lowest BCUT2D eigenvalue weighted by Crippen LogP contribution is -2.15. The van der Waals surface area contributed by atoms with Gasteiger partial charge in [0.05, 0.1) is 6.42 Å². The van der Waals surface area contributed by atoms with E-state index in [2.05, 4.69) is 15.3 Å². The lowest BCUT2D eigenvalue weighted by atomic mass is 10.1. The Balaban J connectivity index is 1.65. The van der Waals surface area contributed by atoms with Gasteiger partial charge in [0.2, 0.25) is 5.91 Å². The van der Waals surface area contributed by atoms with E-state index in [1.54, 1.807) is 18.6 Å². The summed E-state index contributed by atoms with van der Waals surface area (Å²) in [4.78, 5) is 20.2. The number of aromatic nitrogens is 2. The fourth-order valence-corrected chi connectivity index (χ4v) is 2.14. The number of benzene rings is 1. The molecule has 0 saturated carbocycles. The van der Waals surface area contributed by atoms with Crippen molar-refractivity contribution in [2.24, 2.45) is 0 Å². The van der Waals surface area contributed by atoms with Crippen molar-refractivity contribution >= 4 is 11.7 Å². The van der Waals surface area contributed by atoms with Crippen LogP contribution in [0, 0.1) is 0 Å². The van der Waals surface area contributed by atoms with Gasteiger partial charge >= 0.3 is 0 Å². The van der Waals surface area contributed by atoms with E-state index in [9.17, 15) is 4.79 Å². The van der Waals surface area contributed by atoms with E-state index < -0.39 is 0 Å². The second-order valence-corrected chi connectivity index (χ2v) is 4.88. The molecule has 22 heavy (non-hydrogen) atoms. The standard InChI is InChI=1S/C18H15N3O/c22-18(12-14-8-10-19-11-9-14)21-17-7-6-16(13-20-17)15-4-2-1-3-5-15/h1-11,13H,12H2,(H,20,21,22). The highest BCUT2D eigenvalue weighted by Gasteiger charge is 2.05. The van der Waals surface area contributed by atoms with E-state index in [4.69, 9.17) is 0 Å². The third kappa shape index (κ3) is 3.55. The third-order valence-electron chi connectivity index (χ3n) is 3.25. The van der Waals surface area contributed by atoms with Crippen molar-refractivity contribution in [3.8, 4) is 11.1 Å². The second-order valence-electron chi connectivity index (χ2n) is 4.88. The van der Waals surface area contributed by atoms with E-state index in [-0.39, 0.29) is 5.91 Å². The molecular weight excluding hydrogens is 274 g/mol. The van der Waals surface area contributed by atoms with Crippen LogP contribution in [-0.2, 0) is 11.2 Å². The van der Waals surface area contributed by atoms with Gasteiger partial charge in [0.25, 0.3) is 0 Å². The van der Waals surface area contributed by atoms with Gasteiger partial charge in [-0.15, -0.1) is 0 Å². The normalized spacial score (nSPS) is 10.2. The molecule has 108 valence electrons. The second kappa shape index (κ2) is 6.63. The first-order valence-corrected chi connectivity index (χ1v) is 7.01. The zero-order valence-electron chi connectivity index (χ0n) is 11.9. The number of rotatable bonds is 4. The Hall–Kier alpha value is -3.01. The molecule has 0 atom stereocenters. The van der Waals surface area contributed by atoms with Crippen LogP contribution < -0.4 is 5.32 Å². The van der Waals surface area contributed by atoms with Crippen molar-refractivity contribution in [1.82, 2.24) is 9.97 Å². The summed E-state index contributed by atoms with van der Waals surface area (Å²) in [5.41, 5.74) is 3.05. The Kier molecular flexibility index (Phi) is 4.20. The fraction of sp³-hybridized carbons (Fsp3) is 0.0556. The molecule has 1 N–H and O–H groups in total. The quantitative estimate of drug-likeness (QED) is 0.801. The number of pyridine rings is 2. The number of hydrogen-bond acceptors (Lipinski definition) is 3. The molecule has 4 nitrogen and oxygen atoms in total. The summed E-state index contributed by atoms with van der Waals surface area (Å²) < 4.78 is 0. The predicted molar refractivity (Wildman–Crippen MR) is 86.2 cm³/mol. The smallest absolute Gasteiger partial charge is 0.229 e. The summed E-state index contributed by atoms with van der Waals surface area (Å²) >= 11 is 0. The average molecular weight is 289 g/mol. The van der Waals surface area contributed by atoms with E-state index in [0.717, 1.165) is 16.7 Å². The molecule has 1 amide bonds. The van der Waals surface area contributed by atoms with E-state index in [1.165, 1.54) is 0 Å². The van der Waals surface area contributed by atoms with Crippen molar-refractivity contribution in [3.05, 3.63) is 78.8 Å². The third-order valence-corrected chi connectivity index (χ3v) is 3.25. The van der Waals surface area contributed by atoms with Gasteiger partial charge in [-0.3, -0.25) is 9.78 Å². The maximum absolute atomic E-state index is 12.0. The largest absolute Gasteiger partial charge is 0.310 e. The fourth-order valence-electron chi connectivity index (χ4n) is 2.14. The summed E-state index contributed by atoms with van der Waals surface area (Å²) in [6, 6.07) is 17.4. The maximum atomic E-state index is 12.0. The Morgan fingerprint density at radius 2 is 1.68 bits per heavy atom. The minimum atomic E-state index is -0.0915. The van der Waals surface area contributed by atoms with Gasteiger partial charge in [0.1, 0.15) is 5.82 Å². The molecule has 0 unspecified atom stereocenters. The number of carbonyl (C=O) groups excluding carboxylic acids is 1. The molecule has 0 aliphatic carbocycles. The Bertz CT molecular complexity index is 740. The van der Waals surface area contributed by atoms with Crippen LogP contribution in [0.2, 0.25) is 0 Å². The van der Waals surface area contributed by atoms with Crippen LogP contribution in [0.25, 0.3) is 11.1 Å². The van der Waals surface area contributed by atoms with E-state index in [0.29, 0.717) is 12.2 Å². The van der Waals surface area contributed by atoms with E-state index in [1.807, 2.05) is 54.6 Å². The van der Waals surface area contributed by atoms with E-state index >= 15 is 0 Å². The van der Waals surface area contributed by atoms with Gasteiger partial charge in [-0.2, -0.15) is 0 Å². The minimum Gasteiger partial charge on any atom is -0.310 e. The molecule has 2 heterocycles. The molecule has 2 aromatic heterocycles. The minimum absolute atomic E-state index is 0.0915. The molecule has 0 aliphatic heterocycles. The van der Waals surface area contributed by atoms with Gasteiger partial charge in [-0.25, -0.2) is 4.98 Å². The van der Waals surface area contributed by atoms with Crippen molar-refractivity contribution in [2.45, 2.75) is 6.42 Å². The van der Waals surface area contributed by atoms with Gasteiger partial charge in [0.15, 0.2) is 0 Å². The molecule has 0 saturated heterocycles. The monoisotopic (exact) mass is 289 g/mol. The molecular formula is C18H15N3O. The Morgan fingerprint density at radius 1 is 0.909 bits per heavy atom. The number of nitrogens with zero attached hydrogens (tertiary/aromatic N) is 2. The molecule has 0 fully saturated rings. The van der Waals surface area contributed by atoms with Crippen LogP contribution in [0.1, 0.15) is 5.56 Å². The highest BCUT2D eigenvalue weighted by molar-refractivity contribution is 5.91. The van der Waals surface area contributed by atoms with Gasteiger partial charge in [-0.1, -0.05) is 30.3 Å². The summed E-state index contributed by atoms with van der Waals surface area (Å²) in [5.74, 6) is 0.463. The SMILES string of the molecule is O=C(Cc1ccncc1)Nc1ccc(-c2ccccc2)cn1. The highest BCUT2D eigenvalue weighted by atomic mass is 16.1. The van der Waals surface area contributed by atoms with Crippen LogP contribution in [0.15, 0.2) is 73.2 Å². The highest BCUT2D eigenvalue weighted by Crippen LogP contribution is 2.18. The van der Waals surface area contributed by atoms with Gasteiger partial charge in [-0.05, 0) is 35.4 Å². The number of amides is 1. The van der Waals surface area contributed by atoms with Gasteiger partial charge < -0.3 is 5.32 Å². The van der Waals surface area contributed by atoms with Gasteiger partial charge in [0, 0.05) is 24.2 Å². The molecule has 0 bridgehead atoms.